The smallest absolute Gasteiger partial charge is 0.335 e. The lowest BCUT2D eigenvalue weighted by molar-refractivity contribution is 0.0697. The Morgan fingerprint density at radius 2 is 2.00 bits per heavy atom. The van der Waals surface area contributed by atoms with E-state index in [0.29, 0.717) is 18.7 Å². The number of hydrogen-bond donors (Lipinski definition) is 2. The van der Waals surface area contributed by atoms with E-state index in [1.54, 1.807) is 18.2 Å². The van der Waals surface area contributed by atoms with Gasteiger partial charge in [0.25, 0.3) is 0 Å². The quantitative estimate of drug-likeness (QED) is 0.876. The van der Waals surface area contributed by atoms with Crippen LogP contribution in [0.4, 0.5) is 16.4 Å². The molecule has 0 fully saturated rings. The number of carbonyl (C=O) groups is 2. The number of aromatic nitrogens is 2. The molecule has 1 aromatic carbocycles. The minimum Gasteiger partial charge on any atom is -0.478 e. The molecule has 1 aliphatic rings. The summed E-state index contributed by atoms with van der Waals surface area (Å²) in [5.41, 5.74) is 1.72. The van der Waals surface area contributed by atoms with Crippen LogP contribution in [0.2, 0.25) is 0 Å². The van der Waals surface area contributed by atoms with Crippen LogP contribution in [0.5, 0.6) is 0 Å². The lowest BCUT2D eigenvalue weighted by atomic mass is 10.1. The highest BCUT2D eigenvalue weighted by atomic mass is 16.4. The molecule has 2 aromatic rings. The summed E-state index contributed by atoms with van der Waals surface area (Å²) >= 11 is 0. The molecule has 0 spiro atoms. The van der Waals surface area contributed by atoms with Crippen LogP contribution in [-0.4, -0.2) is 33.6 Å². The first-order valence-electron chi connectivity index (χ1n) is 6.37. The summed E-state index contributed by atoms with van der Waals surface area (Å²) in [6.07, 6.45) is 3.75. The summed E-state index contributed by atoms with van der Waals surface area (Å²) in [6, 6.07) is 6.08. The Labute approximate surface area is 120 Å². The van der Waals surface area contributed by atoms with Crippen LogP contribution in [-0.2, 0) is 6.42 Å². The van der Waals surface area contributed by atoms with E-state index in [4.69, 9.17) is 5.11 Å². The van der Waals surface area contributed by atoms with E-state index in [1.165, 1.54) is 23.4 Å². The normalized spacial score (nSPS) is 12.9. The van der Waals surface area contributed by atoms with E-state index in [2.05, 4.69) is 15.3 Å². The Morgan fingerprint density at radius 1 is 1.24 bits per heavy atom. The summed E-state index contributed by atoms with van der Waals surface area (Å²) in [7, 11) is 0. The Kier molecular flexibility index (Phi) is 3.23. The Bertz CT molecular complexity index is 703. The van der Waals surface area contributed by atoms with Gasteiger partial charge >= 0.3 is 12.0 Å². The first kappa shape index (κ1) is 13.0. The molecule has 1 aromatic heterocycles. The summed E-state index contributed by atoms with van der Waals surface area (Å²) in [5, 5.41) is 11.6. The molecule has 1 aliphatic heterocycles. The molecule has 7 nitrogen and oxygen atoms in total. The number of hydrogen-bond acceptors (Lipinski definition) is 4. The highest BCUT2D eigenvalue weighted by Gasteiger charge is 2.26. The fourth-order valence-electron chi connectivity index (χ4n) is 2.25. The minimum absolute atomic E-state index is 0.157. The number of anilines is 2. The second kappa shape index (κ2) is 5.20. The lowest BCUT2D eigenvalue weighted by Gasteiger charge is -2.17. The van der Waals surface area contributed by atoms with Gasteiger partial charge in [-0.15, -0.1) is 0 Å². The number of amides is 2. The van der Waals surface area contributed by atoms with Gasteiger partial charge in [-0.2, -0.15) is 0 Å². The van der Waals surface area contributed by atoms with E-state index >= 15 is 0 Å². The maximum Gasteiger partial charge on any atom is 0.335 e. The predicted octanol–water partition coefficient (Wildman–Crippen LogP) is 1.77. The van der Waals surface area contributed by atoms with Gasteiger partial charge < -0.3 is 5.11 Å². The third-order valence-electron chi connectivity index (χ3n) is 3.26. The van der Waals surface area contributed by atoms with Crippen LogP contribution in [0.3, 0.4) is 0 Å². The second-order valence-electron chi connectivity index (χ2n) is 4.55. The number of rotatable bonds is 2. The zero-order valence-electron chi connectivity index (χ0n) is 11.0. The third kappa shape index (κ3) is 2.53. The molecule has 2 amide bonds. The maximum atomic E-state index is 12.2. The predicted molar refractivity (Wildman–Crippen MR) is 75.5 cm³/mol. The molecule has 0 saturated heterocycles. The molecule has 7 heteroatoms. The number of carbonyl (C=O) groups excluding carboxylic acids is 1. The lowest BCUT2D eigenvalue weighted by Crippen LogP contribution is -2.34. The van der Waals surface area contributed by atoms with Gasteiger partial charge in [0.2, 0.25) is 5.95 Å². The molecule has 0 radical (unpaired) electrons. The van der Waals surface area contributed by atoms with Crippen molar-refractivity contribution in [3.8, 4) is 0 Å². The molecule has 106 valence electrons. The first-order chi connectivity index (χ1) is 10.1. The largest absolute Gasteiger partial charge is 0.478 e. The number of urea groups is 1. The molecule has 21 heavy (non-hydrogen) atoms. The van der Waals surface area contributed by atoms with Crippen molar-refractivity contribution in [2.75, 3.05) is 16.8 Å². The SMILES string of the molecule is O=C(O)c1ccc2c(c1)N(C(=O)Nc1ncccn1)CC2. The van der Waals surface area contributed by atoms with Crippen molar-refractivity contribution in [1.82, 2.24) is 9.97 Å². The first-order valence-corrected chi connectivity index (χ1v) is 6.37. The van der Waals surface area contributed by atoms with Gasteiger partial charge in [0.05, 0.1) is 5.56 Å². The van der Waals surface area contributed by atoms with Crippen molar-refractivity contribution in [3.63, 3.8) is 0 Å². The van der Waals surface area contributed by atoms with E-state index in [9.17, 15) is 9.59 Å². The zero-order chi connectivity index (χ0) is 14.8. The zero-order valence-corrected chi connectivity index (χ0v) is 11.0. The summed E-state index contributed by atoms with van der Waals surface area (Å²) in [5.74, 6) is -0.804. The van der Waals surface area contributed by atoms with Crippen molar-refractivity contribution < 1.29 is 14.7 Å². The standard InChI is InChI=1S/C14H12N4O3/c19-12(20)10-3-2-9-4-7-18(11(9)8-10)14(21)17-13-15-5-1-6-16-13/h1-3,5-6,8H,4,7H2,(H,19,20)(H,15,16,17,21). The monoisotopic (exact) mass is 284 g/mol. The molecule has 0 unspecified atom stereocenters. The van der Waals surface area contributed by atoms with E-state index in [-0.39, 0.29) is 17.5 Å². The summed E-state index contributed by atoms with van der Waals surface area (Å²) in [6.45, 7) is 0.497. The second-order valence-corrected chi connectivity index (χ2v) is 4.55. The van der Waals surface area contributed by atoms with Gasteiger partial charge in [0.1, 0.15) is 0 Å². The van der Waals surface area contributed by atoms with Crippen LogP contribution in [0.1, 0.15) is 15.9 Å². The van der Waals surface area contributed by atoms with Crippen molar-refractivity contribution in [2.45, 2.75) is 6.42 Å². The summed E-state index contributed by atoms with van der Waals surface area (Å²) in [4.78, 5) is 32.6. The molecule has 3 rings (SSSR count). The number of carboxylic acids is 1. The van der Waals surface area contributed by atoms with Crippen LogP contribution >= 0.6 is 0 Å². The van der Waals surface area contributed by atoms with E-state index < -0.39 is 5.97 Å². The van der Waals surface area contributed by atoms with Gasteiger partial charge in [-0.05, 0) is 30.2 Å². The third-order valence-corrected chi connectivity index (χ3v) is 3.26. The van der Waals surface area contributed by atoms with Crippen LogP contribution in [0, 0.1) is 0 Å². The molecule has 0 saturated carbocycles. The van der Waals surface area contributed by atoms with Crippen LogP contribution in [0.25, 0.3) is 0 Å². The Morgan fingerprint density at radius 3 is 2.71 bits per heavy atom. The van der Waals surface area contributed by atoms with E-state index in [0.717, 1.165) is 5.56 Å². The fourth-order valence-corrected chi connectivity index (χ4v) is 2.25. The van der Waals surface area contributed by atoms with Gasteiger partial charge in [-0.25, -0.2) is 19.6 Å². The van der Waals surface area contributed by atoms with Gasteiger partial charge in [0, 0.05) is 24.6 Å². The molecule has 0 aliphatic carbocycles. The molecule has 2 heterocycles. The highest BCUT2D eigenvalue weighted by molar-refractivity contribution is 6.03. The van der Waals surface area contributed by atoms with E-state index in [1.807, 2.05) is 0 Å². The number of fused-ring (bicyclic) bond motifs is 1. The number of benzene rings is 1. The Balaban J connectivity index is 1.84. The molecule has 2 N–H and O–H groups in total. The van der Waals surface area contributed by atoms with Crippen LogP contribution < -0.4 is 10.2 Å². The number of aromatic carboxylic acids is 1. The number of nitrogens with zero attached hydrogens (tertiary/aromatic N) is 3. The molecule has 0 bridgehead atoms. The summed E-state index contributed by atoms with van der Waals surface area (Å²) < 4.78 is 0. The van der Waals surface area contributed by atoms with Gasteiger partial charge in [-0.3, -0.25) is 10.2 Å². The maximum absolute atomic E-state index is 12.2. The topological polar surface area (TPSA) is 95.4 Å². The minimum atomic E-state index is -1.02. The van der Waals surface area contributed by atoms with Gasteiger partial charge in [-0.1, -0.05) is 6.07 Å². The highest BCUT2D eigenvalue weighted by Crippen LogP contribution is 2.29. The molecular weight excluding hydrogens is 272 g/mol. The fraction of sp³-hybridized carbons (Fsp3) is 0.143. The number of nitrogens with one attached hydrogen (secondary N) is 1. The average molecular weight is 284 g/mol. The van der Waals surface area contributed by atoms with Gasteiger partial charge in [0.15, 0.2) is 0 Å². The van der Waals surface area contributed by atoms with Crippen molar-refractivity contribution in [1.29, 1.82) is 0 Å². The Hall–Kier alpha value is -2.96. The van der Waals surface area contributed by atoms with Crippen molar-refractivity contribution in [2.24, 2.45) is 0 Å². The van der Waals surface area contributed by atoms with Crippen molar-refractivity contribution >= 4 is 23.6 Å². The molecule has 0 atom stereocenters. The number of carboxylic acid groups (broad SMARTS) is 1. The molecular formula is C14H12N4O3. The van der Waals surface area contributed by atoms with Crippen LogP contribution in [0.15, 0.2) is 36.7 Å². The van der Waals surface area contributed by atoms with Crippen molar-refractivity contribution in [3.05, 3.63) is 47.8 Å². The average Bonchev–Trinajstić information content (AvgIpc) is 2.91.